The summed E-state index contributed by atoms with van der Waals surface area (Å²) in [4.78, 5) is 16.0. The molecule has 5 nitrogen and oxygen atoms in total. The lowest BCUT2D eigenvalue weighted by atomic mass is 10.1. The molecule has 2 aromatic heterocycles. The monoisotopic (exact) mass is 353 g/mol. The number of nitrogens with zero attached hydrogens (tertiary/aromatic N) is 4. The van der Waals surface area contributed by atoms with Crippen molar-refractivity contribution in [2.75, 3.05) is 13.6 Å². The van der Waals surface area contributed by atoms with Gasteiger partial charge in [-0.2, -0.15) is 0 Å². The van der Waals surface area contributed by atoms with Gasteiger partial charge < -0.3 is 10.2 Å². The number of benzene rings is 1. The largest absolute Gasteiger partial charge is 0.357 e. The number of thiazole rings is 1. The number of hydrogen-bond acceptors (Lipinski definition) is 4. The first-order valence-corrected chi connectivity index (χ1v) is 9.28. The van der Waals surface area contributed by atoms with E-state index in [4.69, 9.17) is 4.99 Å². The molecule has 0 radical (unpaired) electrons. The van der Waals surface area contributed by atoms with E-state index in [9.17, 15) is 0 Å². The van der Waals surface area contributed by atoms with Crippen LogP contribution in [0.4, 0.5) is 0 Å². The average molecular weight is 353 g/mol. The number of aliphatic imine (C=N–C) groups is 1. The maximum Gasteiger partial charge on any atom is 0.194 e. The predicted octanol–water partition coefficient (Wildman–Crippen LogP) is 3.60. The van der Waals surface area contributed by atoms with E-state index in [-0.39, 0.29) is 0 Å². The summed E-state index contributed by atoms with van der Waals surface area (Å²) in [7, 11) is 2.04. The zero-order chi connectivity index (χ0) is 17.6. The van der Waals surface area contributed by atoms with Crippen molar-refractivity contribution >= 4 is 28.2 Å². The van der Waals surface area contributed by atoms with Gasteiger partial charge in [0.1, 0.15) is 0 Å². The van der Waals surface area contributed by atoms with Gasteiger partial charge >= 0.3 is 0 Å². The Morgan fingerprint density at radius 1 is 1.28 bits per heavy atom. The second-order valence-electron chi connectivity index (χ2n) is 5.88. The van der Waals surface area contributed by atoms with Gasteiger partial charge in [-0.25, -0.2) is 9.98 Å². The third kappa shape index (κ3) is 4.33. The molecule has 0 unspecified atom stereocenters. The van der Waals surface area contributed by atoms with Crippen LogP contribution in [0.15, 0.2) is 46.9 Å². The van der Waals surface area contributed by atoms with Crippen LogP contribution in [0.5, 0.6) is 0 Å². The van der Waals surface area contributed by atoms with E-state index in [0.717, 1.165) is 46.2 Å². The highest BCUT2D eigenvalue weighted by Crippen LogP contribution is 2.17. The molecule has 0 fully saturated rings. The van der Waals surface area contributed by atoms with Crippen LogP contribution in [0.2, 0.25) is 0 Å². The van der Waals surface area contributed by atoms with Crippen molar-refractivity contribution in [2.45, 2.75) is 26.9 Å². The second-order valence-corrected chi connectivity index (χ2v) is 6.94. The minimum Gasteiger partial charge on any atom is -0.357 e. The number of fused-ring (bicyclic) bond motifs is 1. The molecule has 3 aromatic rings. The van der Waals surface area contributed by atoms with E-state index >= 15 is 0 Å². The number of pyridine rings is 1. The molecule has 1 N–H and O–H groups in total. The Balaban J connectivity index is 1.79. The lowest BCUT2D eigenvalue weighted by molar-refractivity contribution is 0.471. The third-order valence-corrected chi connectivity index (χ3v) is 4.70. The van der Waals surface area contributed by atoms with Crippen molar-refractivity contribution < 1.29 is 0 Å². The fourth-order valence-electron chi connectivity index (χ4n) is 2.72. The summed E-state index contributed by atoms with van der Waals surface area (Å²) in [6.07, 6.45) is 1.83. The van der Waals surface area contributed by atoms with E-state index in [0.29, 0.717) is 6.54 Å². The Labute approximate surface area is 152 Å². The molecule has 0 atom stereocenters. The third-order valence-electron chi connectivity index (χ3n) is 3.88. The molecule has 2 heterocycles. The summed E-state index contributed by atoms with van der Waals surface area (Å²) in [5, 5.41) is 7.69. The number of rotatable bonds is 5. The van der Waals surface area contributed by atoms with Crippen LogP contribution in [0.1, 0.15) is 23.2 Å². The van der Waals surface area contributed by atoms with Crippen LogP contribution in [0.3, 0.4) is 0 Å². The zero-order valence-electron chi connectivity index (χ0n) is 14.9. The summed E-state index contributed by atoms with van der Waals surface area (Å²) < 4.78 is 0. The fraction of sp³-hybridized carbons (Fsp3) is 0.316. The lowest BCUT2D eigenvalue weighted by Crippen LogP contribution is -2.38. The van der Waals surface area contributed by atoms with Crippen LogP contribution in [-0.4, -0.2) is 34.4 Å². The summed E-state index contributed by atoms with van der Waals surface area (Å²) in [6.45, 7) is 6.27. The highest BCUT2D eigenvalue weighted by Gasteiger charge is 2.09. The van der Waals surface area contributed by atoms with Crippen LogP contribution >= 0.6 is 11.3 Å². The smallest absolute Gasteiger partial charge is 0.194 e. The van der Waals surface area contributed by atoms with Crippen molar-refractivity contribution in [3.05, 3.63) is 58.2 Å². The molecule has 0 aliphatic rings. The number of aromatic nitrogens is 2. The van der Waals surface area contributed by atoms with Gasteiger partial charge in [0.05, 0.1) is 29.3 Å². The summed E-state index contributed by atoms with van der Waals surface area (Å²) >= 11 is 1.68. The molecule has 0 spiro atoms. The first-order valence-electron chi connectivity index (χ1n) is 8.40. The van der Waals surface area contributed by atoms with Crippen molar-refractivity contribution in [3.8, 4) is 0 Å². The molecule has 0 saturated heterocycles. The quantitative estimate of drug-likeness (QED) is 0.562. The van der Waals surface area contributed by atoms with Crippen LogP contribution in [-0.2, 0) is 13.1 Å². The van der Waals surface area contributed by atoms with E-state index < -0.39 is 0 Å². The van der Waals surface area contributed by atoms with Gasteiger partial charge in [0.15, 0.2) is 5.96 Å². The Morgan fingerprint density at radius 2 is 2.12 bits per heavy atom. The molecule has 0 aliphatic carbocycles. The van der Waals surface area contributed by atoms with Gasteiger partial charge in [-0.05, 0) is 25.5 Å². The Hall–Kier alpha value is -2.47. The van der Waals surface area contributed by atoms with Crippen molar-refractivity contribution in [1.82, 2.24) is 20.2 Å². The molecule has 0 saturated carbocycles. The molecule has 0 bridgehead atoms. The van der Waals surface area contributed by atoms with Crippen molar-refractivity contribution in [2.24, 2.45) is 4.99 Å². The molecule has 130 valence electrons. The number of para-hydroxylation sites is 1. The minimum absolute atomic E-state index is 0.594. The van der Waals surface area contributed by atoms with Gasteiger partial charge in [0.2, 0.25) is 0 Å². The van der Waals surface area contributed by atoms with Gasteiger partial charge in [-0.15, -0.1) is 11.3 Å². The number of nitrogens with one attached hydrogen (secondary N) is 1. The van der Waals surface area contributed by atoms with E-state index in [1.54, 1.807) is 11.3 Å². The Morgan fingerprint density at radius 3 is 2.88 bits per heavy atom. The highest BCUT2D eigenvalue weighted by molar-refractivity contribution is 7.09. The standard InChI is InChI=1S/C19H23N5S/c1-4-20-19(24(3)12-17-13-25-14(2)23-17)22-11-16-8-5-7-15-9-6-10-21-18(15)16/h5-10,13H,4,11-12H2,1-3H3,(H,20,22). The first-order chi connectivity index (χ1) is 12.2. The molecule has 1 aromatic carbocycles. The van der Waals surface area contributed by atoms with Gasteiger partial charge in [-0.3, -0.25) is 4.98 Å². The van der Waals surface area contributed by atoms with Gasteiger partial charge in [-0.1, -0.05) is 24.3 Å². The van der Waals surface area contributed by atoms with E-state index in [1.807, 2.05) is 26.2 Å². The van der Waals surface area contributed by atoms with E-state index in [2.05, 4.69) is 56.8 Å². The summed E-state index contributed by atoms with van der Waals surface area (Å²) in [6, 6.07) is 10.3. The lowest BCUT2D eigenvalue weighted by Gasteiger charge is -2.21. The van der Waals surface area contributed by atoms with E-state index in [1.165, 1.54) is 0 Å². The number of hydrogen-bond donors (Lipinski definition) is 1. The normalized spacial score (nSPS) is 11.7. The number of aryl methyl sites for hydroxylation is 1. The first kappa shape index (κ1) is 17.4. The predicted molar refractivity (Wildman–Crippen MR) is 105 cm³/mol. The van der Waals surface area contributed by atoms with Crippen molar-refractivity contribution in [3.63, 3.8) is 0 Å². The molecular formula is C19H23N5S. The average Bonchev–Trinajstić information content (AvgIpc) is 3.03. The maximum atomic E-state index is 4.80. The zero-order valence-corrected chi connectivity index (χ0v) is 15.7. The van der Waals surface area contributed by atoms with Gasteiger partial charge in [0.25, 0.3) is 0 Å². The topological polar surface area (TPSA) is 53.4 Å². The number of guanidine groups is 1. The minimum atomic E-state index is 0.594. The SMILES string of the molecule is CCNC(=NCc1cccc2cccnc12)N(C)Cc1csc(C)n1. The van der Waals surface area contributed by atoms with Crippen LogP contribution < -0.4 is 5.32 Å². The van der Waals surface area contributed by atoms with Crippen LogP contribution in [0, 0.1) is 6.92 Å². The Bertz CT molecular complexity index is 866. The summed E-state index contributed by atoms with van der Waals surface area (Å²) in [5.41, 5.74) is 3.22. The fourth-order valence-corrected chi connectivity index (χ4v) is 3.33. The molecule has 0 aliphatic heterocycles. The molecule has 6 heteroatoms. The summed E-state index contributed by atoms with van der Waals surface area (Å²) in [5.74, 6) is 0.876. The molecule has 3 rings (SSSR count). The van der Waals surface area contributed by atoms with Crippen LogP contribution in [0.25, 0.3) is 10.9 Å². The Kier molecular flexibility index (Phi) is 5.60. The highest BCUT2D eigenvalue weighted by atomic mass is 32.1. The molecular weight excluding hydrogens is 330 g/mol. The van der Waals surface area contributed by atoms with Crippen molar-refractivity contribution in [1.29, 1.82) is 0 Å². The molecule has 0 amide bonds. The maximum absolute atomic E-state index is 4.80. The van der Waals surface area contributed by atoms with Gasteiger partial charge in [0, 0.05) is 30.6 Å². The molecule has 25 heavy (non-hydrogen) atoms. The second kappa shape index (κ2) is 8.07.